The van der Waals surface area contributed by atoms with Gasteiger partial charge in [-0.15, -0.1) is 11.3 Å². The second kappa shape index (κ2) is 9.23. The third kappa shape index (κ3) is 4.69. The van der Waals surface area contributed by atoms with Gasteiger partial charge in [0.15, 0.2) is 22.9 Å². The molecule has 0 bridgehead atoms. The lowest BCUT2D eigenvalue weighted by Crippen LogP contribution is -2.16. The molecule has 0 unspecified atom stereocenters. The Morgan fingerprint density at radius 3 is 2.61 bits per heavy atom. The van der Waals surface area contributed by atoms with Crippen molar-refractivity contribution >= 4 is 51.9 Å². The summed E-state index contributed by atoms with van der Waals surface area (Å²) in [6.45, 7) is 2.21. The van der Waals surface area contributed by atoms with Crippen LogP contribution in [0.1, 0.15) is 27.4 Å². The number of aromatic nitrogens is 5. The van der Waals surface area contributed by atoms with Gasteiger partial charge in [-0.05, 0) is 42.1 Å². The molecule has 4 heterocycles. The molecular formula is C23H15Cl2F3N6OS. The zero-order chi connectivity index (χ0) is 25.6. The summed E-state index contributed by atoms with van der Waals surface area (Å²) >= 11 is 13.6. The molecule has 0 atom stereocenters. The number of fused-ring (bicyclic) bond motifs is 1. The lowest BCUT2D eigenvalue weighted by molar-refractivity contribution is -0.142. The normalized spacial score (nSPS) is 11.8. The van der Waals surface area contributed by atoms with Crippen LogP contribution >= 0.6 is 34.5 Å². The first-order valence-electron chi connectivity index (χ1n) is 10.4. The van der Waals surface area contributed by atoms with E-state index in [9.17, 15) is 18.0 Å². The number of hydrogen-bond donors (Lipinski definition) is 1. The predicted molar refractivity (Wildman–Crippen MR) is 132 cm³/mol. The van der Waals surface area contributed by atoms with Crippen molar-refractivity contribution in [2.45, 2.75) is 19.6 Å². The summed E-state index contributed by atoms with van der Waals surface area (Å²) < 4.78 is 43.7. The Bertz CT molecular complexity index is 1590. The van der Waals surface area contributed by atoms with Gasteiger partial charge in [-0.1, -0.05) is 41.4 Å². The van der Waals surface area contributed by atoms with E-state index in [4.69, 9.17) is 23.2 Å². The summed E-state index contributed by atoms with van der Waals surface area (Å²) in [5.41, 5.74) is -0.0505. The van der Waals surface area contributed by atoms with E-state index < -0.39 is 23.5 Å². The van der Waals surface area contributed by atoms with Crippen LogP contribution in [0.15, 0.2) is 53.9 Å². The summed E-state index contributed by atoms with van der Waals surface area (Å²) in [6.07, 6.45) is -4.76. The van der Waals surface area contributed by atoms with Crippen LogP contribution in [-0.4, -0.2) is 30.3 Å². The number of benzene rings is 1. The Morgan fingerprint density at radius 2 is 1.92 bits per heavy atom. The van der Waals surface area contributed by atoms with Gasteiger partial charge >= 0.3 is 6.18 Å². The number of hydrogen-bond acceptors (Lipinski definition) is 5. The molecule has 13 heteroatoms. The fourth-order valence-corrected chi connectivity index (χ4v) is 4.75. The molecule has 184 valence electrons. The van der Waals surface area contributed by atoms with E-state index in [1.165, 1.54) is 11.3 Å². The first kappa shape index (κ1) is 24.3. The predicted octanol–water partition coefficient (Wildman–Crippen LogP) is 6.59. The lowest BCUT2D eigenvalue weighted by atomic mass is 10.2. The van der Waals surface area contributed by atoms with Crippen molar-refractivity contribution in [1.82, 2.24) is 24.4 Å². The Balaban J connectivity index is 1.48. The van der Waals surface area contributed by atoms with Gasteiger partial charge in [0, 0.05) is 16.8 Å². The molecule has 0 aliphatic rings. The van der Waals surface area contributed by atoms with E-state index in [0.29, 0.717) is 21.0 Å². The van der Waals surface area contributed by atoms with Crippen LogP contribution < -0.4 is 5.32 Å². The number of halogens is 5. The van der Waals surface area contributed by atoms with Crippen molar-refractivity contribution in [2.24, 2.45) is 0 Å². The van der Waals surface area contributed by atoms with Crippen molar-refractivity contribution in [2.75, 3.05) is 5.32 Å². The molecule has 1 N–H and O–H groups in total. The second-order valence-electron chi connectivity index (χ2n) is 7.81. The van der Waals surface area contributed by atoms with Gasteiger partial charge in [0.2, 0.25) is 0 Å². The van der Waals surface area contributed by atoms with Gasteiger partial charge in [-0.25, -0.2) is 9.50 Å². The maximum absolute atomic E-state index is 13.8. The van der Waals surface area contributed by atoms with Crippen LogP contribution in [0.3, 0.4) is 0 Å². The number of thiophene rings is 1. The molecule has 4 aromatic heterocycles. The van der Waals surface area contributed by atoms with Crippen molar-refractivity contribution in [3.8, 4) is 10.6 Å². The second-order valence-corrected chi connectivity index (χ2v) is 9.57. The third-order valence-electron chi connectivity index (χ3n) is 5.26. The van der Waals surface area contributed by atoms with E-state index in [2.05, 4.69) is 20.5 Å². The third-order valence-corrected chi connectivity index (χ3v) is 6.73. The van der Waals surface area contributed by atoms with E-state index in [1.807, 2.05) is 12.1 Å². The van der Waals surface area contributed by atoms with Crippen molar-refractivity contribution in [1.29, 1.82) is 0 Å². The summed E-state index contributed by atoms with van der Waals surface area (Å²) in [7, 11) is 0. The number of nitrogens with one attached hydrogen (secondary N) is 1. The molecule has 1 amide bonds. The Morgan fingerprint density at radius 1 is 1.11 bits per heavy atom. The van der Waals surface area contributed by atoms with E-state index >= 15 is 0 Å². The summed E-state index contributed by atoms with van der Waals surface area (Å²) in [6, 6.07) is 13.1. The molecular weight excluding hydrogens is 536 g/mol. The number of anilines is 1. The van der Waals surface area contributed by atoms with Crippen LogP contribution in [0.2, 0.25) is 10.0 Å². The highest BCUT2D eigenvalue weighted by Crippen LogP contribution is 2.35. The monoisotopic (exact) mass is 550 g/mol. The van der Waals surface area contributed by atoms with Gasteiger partial charge in [0.1, 0.15) is 5.02 Å². The fraction of sp³-hybridized carbons (Fsp3) is 0.130. The van der Waals surface area contributed by atoms with Gasteiger partial charge < -0.3 is 5.32 Å². The number of nitrogens with zero attached hydrogens (tertiary/aromatic N) is 5. The summed E-state index contributed by atoms with van der Waals surface area (Å²) in [4.78, 5) is 17.7. The van der Waals surface area contributed by atoms with E-state index in [0.717, 1.165) is 17.3 Å². The first-order valence-corrected chi connectivity index (χ1v) is 12.0. The standard InChI is InChI=1S/C23H15Cl2F3N6OS/c1-12-8-18(31-33(12)11-13-4-2-5-14(24)9-13)30-22(35)20-19(25)21-29-15(16-6-3-7-36-16)10-17(23(26,27)28)34(21)32-20/h2-10H,11H2,1H3,(H,30,31,35). The van der Waals surface area contributed by atoms with Crippen LogP contribution in [0.25, 0.3) is 16.2 Å². The average molecular weight is 551 g/mol. The number of carbonyl (C=O) groups excluding carboxylic acids is 1. The zero-order valence-electron chi connectivity index (χ0n) is 18.3. The maximum Gasteiger partial charge on any atom is 0.433 e. The van der Waals surface area contributed by atoms with Crippen molar-refractivity contribution < 1.29 is 18.0 Å². The molecule has 5 rings (SSSR count). The topological polar surface area (TPSA) is 77.1 Å². The zero-order valence-corrected chi connectivity index (χ0v) is 20.7. The SMILES string of the molecule is Cc1cc(NC(=O)c2nn3c(C(F)(F)F)cc(-c4cccs4)nc3c2Cl)nn1Cc1cccc(Cl)c1. The molecule has 7 nitrogen and oxygen atoms in total. The Hall–Kier alpha value is -3.41. The summed E-state index contributed by atoms with van der Waals surface area (Å²) in [5.74, 6) is -0.625. The first-order chi connectivity index (χ1) is 17.1. The molecule has 0 aliphatic heterocycles. The number of carbonyl (C=O) groups is 1. The van der Waals surface area contributed by atoms with Gasteiger partial charge in [0.25, 0.3) is 5.91 Å². The van der Waals surface area contributed by atoms with Crippen LogP contribution in [-0.2, 0) is 12.7 Å². The van der Waals surface area contributed by atoms with E-state index in [-0.39, 0.29) is 22.2 Å². The molecule has 0 spiro atoms. The lowest BCUT2D eigenvalue weighted by Gasteiger charge is -2.10. The molecule has 0 saturated heterocycles. The van der Waals surface area contributed by atoms with E-state index in [1.54, 1.807) is 47.3 Å². The van der Waals surface area contributed by atoms with Crippen LogP contribution in [0.5, 0.6) is 0 Å². The van der Waals surface area contributed by atoms with Crippen molar-refractivity contribution in [3.05, 3.63) is 86.6 Å². The molecule has 36 heavy (non-hydrogen) atoms. The summed E-state index contributed by atoms with van der Waals surface area (Å²) in [5, 5.41) is 12.8. The van der Waals surface area contributed by atoms with Gasteiger partial charge in [-0.2, -0.15) is 23.4 Å². The Kier molecular flexibility index (Phi) is 6.23. The van der Waals surface area contributed by atoms with Gasteiger partial charge in [0.05, 0.1) is 17.1 Å². The quantitative estimate of drug-likeness (QED) is 0.268. The molecule has 1 aromatic carbocycles. The number of rotatable bonds is 5. The van der Waals surface area contributed by atoms with Crippen LogP contribution in [0.4, 0.5) is 19.0 Å². The highest BCUT2D eigenvalue weighted by molar-refractivity contribution is 7.13. The molecule has 0 radical (unpaired) electrons. The average Bonchev–Trinajstić information content (AvgIpc) is 3.53. The minimum absolute atomic E-state index is 0.0777. The number of aryl methyl sites for hydroxylation is 1. The molecule has 5 aromatic rings. The largest absolute Gasteiger partial charge is 0.433 e. The highest BCUT2D eigenvalue weighted by Gasteiger charge is 2.37. The maximum atomic E-state index is 13.8. The van der Waals surface area contributed by atoms with Gasteiger partial charge in [-0.3, -0.25) is 9.48 Å². The highest BCUT2D eigenvalue weighted by atomic mass is 35.5. The molecule has 0 saturated carbocycles. The number of alkyl halides is 3. The minimum atomic E-state index is -4.76. The molecule has 0 aliphatic carbocycles. The molecule has 0 fully saturated rings. The number of amides is 1. The fourth-order valence-electron chi connectivity index (χ4n) is 3.60. The Labute approximate surface area is 216 Å². The minimum Gasteiger partial charge on any atom is -0.304 e. The smallest absolute Gasteiger partial charge is 0.304 e. The van der Waals surface area contributed by atoms with Crippen LogP contribution in [0, 0.1) is 6.92 Å². The van der Waals surface area contributed by atoms with Crippen molar-refractivity contribution in [3.63, 3.8) is 0 Å².